The topological polar surface area (TPSA) is 59.1 Å². The van der Waals surface area contributed by atoms with Crippen LogP contribution in [0.15, 0.2) is 42.5 Å². The van der Waals surface area contributed by atoms with Gasteiger partial charge in [-0.3, -0.25) is 4.79 Å². The van der Waals surface area contributed by atoms with Gasteiger partial charge in [0.1, 0.15) is 5.75 Å². The van der Waals surface area contributed by atoms with E-state index in [1.165, 1.54) is 4.90 Å². The number of nitrogens with zero attached hydrogens (tertiary/aromatic N) is 2. The average Bonchev–Trinajstić information content (AvgIpc) is 2.71. The Kier molecular flexibility index (Phi) is 8.27. The third kappa shape index (κ3) is 6.79. The van der Waals surface area contributed by atoms with E-state index in [4.69, 9.17) is 9.47 Å². The number of aryl methyl sites for hydroxylation is 1. The van der Waals surface area contributed by atoms with Gasteiger partial charge in [-0.15, -0.1) is 0 Å². The molecule has 162 valence electrons. The molecule has 1 amide bonds. The van der Waals surface area contributed by atoms with E-state index in [0.717, 1.165) is 22.4 Å². The van der Waals surface area contributed by atoms with Crippen molar-refractivity contribution in [3.8, 4) is 5.75 Å². The lowest BCUT2D eigenvalue weighted by atomic mass is 10.0. The number of amides is 1. The van der Waals surface area contributed by atoms with Gasteiger partial charge in [-0.25, -0.2) is 4.79 Å². The van der Waals surface area contributed by atoms with Gasteiger partial charge in [0, 0.05) is 33.4 Å². The van der Waals surface area contributed by atoms with Crippen LogP contribution in [0, 0.1) is 6.92 Å². The molecule has 2 aromatic carbocycles. The quantitative estimate of drug-likeness (QED) is 0.587. The number of esters is 1. The van der Waals surface area contributed by atoms with Crippen LogP contribution < -0.4 is 9.64 Å². The number of carbonyl (C=O) groups excluding carboxylic acids is 2. The molecule has 0 spiro atoms. The molecule has 0 fully saturated rings. The molecule has 0 unspecified atom stereocenters. The predicted molar refractivity (Wildman–Crippen MR) is 119 cm³/mol. The third-order valence-corrected chi connectivity index (χ3v) is 4.88. The number of hydrogen-bond acceptors (Lipinski definition) is 5. The Morgan fingerprint density at radius 3 is 2.23 bits per heavy atom. The van der Waals surface area contributed by atoms with Gasteiger partial charge in [0.25, 0.3) is 5.91 Å². The minimum absolute atomic E-state index is 0.231. The van der Waals surface area contributed by atoms with Crippen molar-refractivity contribution in [3.05, 3.63) is 59.2 Å². The summed E-state index contributed by atoms with van der Waals surface area (Å²) in [5.41, 5.74) is 4.19. The van der Waals surface area contributed by atoms with Crippen molar-refractivity contribution in [3.63, 3.8) is 0 Å². The molecule has 0 aromatic heterocycles. The summed E-state index contributed by atoms with van der Waals surface area (Å²) in [6, 6.07) is 13.9. The van der Waals surface area contributed by atoms with Crippen LogP contribution in [0.2, 0.25) is 0 Å². The molecule has 0 N–H and O–H groups in total. The zero-order chi connectivity index (χ0) is 22.3. The molecule has 0 bridgehead atoms. The Labute approximate surface area is 179 Å². The number of benzene rings is 2. The molecule has 0 saturated heterocycles. The fourth-order valence-electron chi connectivity index (χ4n) is 2.82. The summed E-state index contributed by atoms with van der Waals surface area (Å²) >= 11 is 0. The van der Waals surface area contributed by atoms with Gasteiger partial charge in [-0.1, -0.05) is 38.1 Å². The predicted octanol–water partition coefficient (Wildman–Crippen LogP) is 3.77. The van der Waals surface area contributed by atoms with Crippen LogP contribution in [-0.2, 0) is 20.9 Å². The van der Waals surface area contributed by atoms with Gasteiger partial charge in [-0.2, -0.15) is 0 Å². The van der Waals surface area contributed by atoms with E-state index in [0.29, 0.717) is 18.2 Å². The number of hydrogen-bond donors (Lipinski definition) is 0. The van der Waals surface area contributed by atoms with E-state index in [1.807, 2.05) is 68.4 Å². The highest BCUT2D eigenvalue weighted by atomic mass is 16.6. The second-order valence-electron chi connectivity index (χ2n) is 7.94. The number of likely N-dealkylation sites (N-methyl/N-ethyl adjacent to an activating group) is 1. The highest BCUT2D eigenvalue weighted by Gasteiger charge is 2.14. The minimum Gasteiger partial charge on any atom is -0.482 e. The van der Waals surface area contributed by atoms with Crippen molar-refractivity contribution in [2.24, 2.45) is 0 Å². The Morgan fingerprint density at radius 2 is 1.63 bits per heavy atom. The van der Waals surface area contributed by atoms with Gasteiger partial charge in [0.05, 0.1) is 0 Å². The SMILES string of the molecule is Cc1ccc(C(C)C)cc1OCC(=O)OCC(=O)N(C)Cc1ccc(N(C)C)cc1. The van der Waals surface area contributed by atoms with Crippen molar-refractivity contribution in [2.45, 2.75) is 33.2 Å². The maximum absolute atomic E-state index is 12.3. The van der Waals surface area contributed by atoms with E-state index in [1.54, 1.807) is 7.05 Å². The number of anilines is 1. The summed E-state index contributed by atoms with van der Waals surface area (Å²) in [6.45, 7) is 6.03. The number of carbonyl (C=O) groups is 2. The van der Waals surface area contributed by atoms with Crippen LogP contribution in [-0.4, -0.2) is 51.1 Å². The van der Waals surface area contributed by atoms with Crippen molar-refractivity contribution in [1.29, 1.82) is 0 Å². The lowest BCUT2D eigenvalue weighted by Crippen LogP contribution is -2.31. The highest BCUT2D eigenvalue weighted by molar-refractivity contribution is 5.80. The number of ether oxygens (including phenoxy) is 2. The molecule has 0 radical (unpaired) electrons. The van der Waals surface area contributed by atoms with Crippen LogP contribution in [0.3, 0.4) is 0 Å². The van der Waals surface area contributed by atoms with Gasteiger partial charge < -0.3 is 19.3 Å². The largest absolute Gasteiger partial charge is 0.482 e. The van der Waals surface area contributed by atoms with Gasteiger partial charge in [0.2, 0.25) is 0 Å². The van der Waals surface area contributed by atoms with Crippen molar-refractivity contribution < 1.29 is 19.1 Å². The molecular formula is C24H32N2O4. The Morgan fingerprint density at radius 1 is 0.967 bits per heavy atom. The molecule has 2 aromatic rings. The summed E-state index contributed by atoms with van der Waals surface area (Å²) in [4.78, 5) is 27.8. The fourth-order valence-corrected chi connectivity index (χ4v) is 2.82. The smallest absolute Gasteiger partial charge is 0.344 e. The molecule has 2 rings (SSSR count). The highest BCUT2D eigenvalue weighted by Crippen LogP contribution is 2.24. The zero-order valence-corrected chi connectivity index (χ0v) is 18.8. The van der Waals surface area contributed by atoms with Crippen molar-refractivity contribution >= 4 is 17.6 Å². The molecule has 0 aliphatic rings. The maximum atomic E-state index is 12.3. The number of rotatable bonds is 9. The minimum atomic E-state index is -0.568. The molecular weight excluding hydrogens is 380 g/mol. The molecule has 0 aliphatic carbocycles. The standard InChI is InChI=1S/C24H32N2O4/c1-17(2)20-10-7-18(3)22(13-20)29-16-24(28)30-15-23(27)26(6)14-19-8-11-21(12-9-19)25(4)5/h7-13,17H,14-16H2,1-6H3. The maximum Gasteiger partial charge on any atom is 0.344 e. The van der Waals surface area contributed by atoms with E-state index in [2.05, 4.69) is 13.8 Å². The van der Waals surface area contributed by atoms with Crippen LogP contribution >= 0.6 is 0 Å². The Hall–Kier alpha value is -3.02. The van der Waals surface area contributed by atoms with E-state index >= 15 is 0 Å². The van der Waals surface area contributed by atoms with Crippen LogP contribution in [0.25, 0.3) is 0 Å². The zero-order valence-electron chi connectivity index (χ0n) is 18.8. The van der Waals surface area contributed by atoms with Gasteiger partial charge in [-0.05, 0) is 47.7 Å². The molecule has 0 heterocycles. The summed E-state index contributed by atoms with van der Waals surface area (Å²) in [7, 11) is 5.64. The first-order valence-electron chi connectivity index (χ1n) is 10.1. The average molecular weight is 413 g/mol. The van der Waals surface area contributed by atoms with Crippen LogP contribution in [0.1, 0.15) is 36.5 Å². The first-order chi connectivity index (χ1) is 14.2. The Balaban J connectivity index is 1.79. The molecule has 6 heteroatoms. The van der Waals surface area contributed by atoms with Gasteiger partial charge in [0.15, 0.2) is 13.2 Å². The lowest BCUT2D eigenvalue weighted by molar-refractivity contribution is -0.153. The van der Waals surface area contributed by atoms with E-state index in [9.17, 15) is 9.59 Å². The second-order valence-corrected chi connectivity index (χ2v) is 7.94. The second kappa shape index (κ2) is 10.7. The summed E-state index contributed by atoms with van der Waals surface area (Å²) in [6.07, 6.45) is 0. The molecule has 6 nitrogen and oxygen atoms in total. The summed E-state index contributed by atoms with van der Waals surface area (Å²) in [5.74, 6) is 0.189. The normalized spacial score (nSPS) is 10.6. The summed E-state index contributed by atoms with van der Waals surface area (Å²) < 4.78 is 10.7. The fraction of sp³-hybridized carbons (Fsp3) is 0.417. The van der Waals surface area contributed by atoms with Crippen molar-refractivity contribution in [2.75, 3.05) is 39.3 Å². The monoisotopic (exact) mass is 412 g/mol. The van der Waals surface area contributed by atoms with Crippen LogP contribution in [0.5, 0.6) is 5.75 Å². The van der Waals surface area contributed by atoms with Crippen molar-refractivity contribution in [1.82, 2.24) is 4.90 Å². The lowest BCUT2D eigenvalue weighted by Gasteiger charge is -2.18. The third-order valence-electron chi connectivity index (χ3n) is 4.88. The summed E-state index contributed by atoms with van der Waals surface area (Å²) in [5, 5.41) is 0. The molecule has 30 heavy (non-hydrogen) atoms. The first-order valence-corrected chi connectivity index (χ1v) is 10.1. The van der Waals surface area contributed by atoms with Gasteiger partial charge >= 0.3 is 5.97 Å². The van der Waals surface area contributed by atoms with E-state index < -0.39 is 5.97 Å². The Bertz CT molecular complexity index is 860. The molecule has 0 aliphatic heterocycles. The molecule has 0 atom stereocenters. The molecule has 0 saturated carbocycles. The van der Waals surface area contributed by atoms with E-state index in [-0.39, 0.29) is 19.1 Å². The van der Waals surface area contributed by atoms with Crippen LogP contribution in [0.4, 0.5) is 5.69 Å². The first kappa shape index (κ1) is 23.3.